The maximum absolute atomic E-state index is 6.31. The van der Waals surface area contributed by atoms with Gasteiger partial charge in [0.15, 0.2) is 0 Å². The lowest BCUT2D eigenvalue weighted by molar-refractivity contribution is 0.788. The Kier molecular flexibility index (Phi) is 3.73. The molecule has 18 heavy (non-hydrogen) atoms. The monoisotopic (exact) mass is 283 g/mol. The van der Waals surface area contributed by atoms with Crippen molar-refractivity contribution in [3.63, 3.8) is 0 Å². The summed E-state index contributed by atoms with van der Waals surface area (Å²) in [6.45, 7) is 6.17. The summed E-state index contributed by atoms with van der Waals surface area (Å²) in [5, 5.41) is 5.28. The molecule has 1 heterocycles. The Bertz CT molecular complexity index is 602. The van der Waals surface area contributed by atoms with Gasteiger partial charge in [0.05, 0.1) is 23.1 Å². The Morgan fingerprint density at radius 3 is 2.78 bits per heavy atom. The highest BCUT2D eigenvalue weighted by Gasteiger charge is 2.11. The second kappa shape index (κ2) is 5.12. The van der Waals surface area contributed by atoms with Gasteiger partial charge in [0.1, 0.15) is 0 Å². The molecule has 1 aromatic carbocycles. The minimum atomic E-state index is 0.414. The van der Waals surface area contributed by atoms with E-state index in [0.717, 1.165) is 33.6 Å². The SMILES string of the molecule is C=C(N)NCc1[nH]c2cc(CC)c(Cl)cc2c1Cl. The van der Waals surface area contributed by atoms with E-state index in [1.165, 1.54) is 0 Å². The highest BCUT2D eigenvalue weighted by atomic mass is 35.5. The molecule has 0 spiro atoms. The van der Waals surface area contributed by atoms with Crippen LogP contribution in [0.3, 0.4) is 0 Å². The molecule has 0 aliphatic rings. The number of hydrogen-bond donors (Lipinski definition) is 3. The first-order chi connectivity index (χ1) is 8.52. The van der Waals surface area contributed by atoms with Gasteiger partial charge in [0.2, 0.25) is 0 Å². The molecular weight excluding hydrogens is 269 g/mol. The van der Waals surface area contributed by atoms with Crippen molar-refractivity contribution in [2.24, 2.45) is 5.73 Å². The average Bonchev–Trinajstić information content (AvgIpc) is 2.63. The van der Waals surface area contributed by atoms with E-state index < -0.39 is 0 Å². The van der Waals surface area contributed by atoms with Gasteiger partial charge in [-0.1, -0.05) is 36.7 Å². The lowest BCUT2D eigenvalue weighted by Gasteiger charge is -2.02. The topological polar surface area (TPSA) is 53.8 Å². The number of benzene rings is 1. The summed E-state index contributed by atoms with van der Waals surface area (Å²) in [5.74, 6) is 0.414. The van der Waals surface area contributed by atoms with Crippen LogP contribution in [0.25, 0.3) is 10.9 Å². The molecule has 0 saturated heterocycles. The number of H-pyrrole nitrogens is 1. The standard InChI is InChI=1S/C13H15Cl2N3/c1-3-8-4-11-9(5-10(8)14)13(15)12(18-11)6-17-7(2)16/h4-5,17-18H,2-3,6,16H2,1H3. The molecule has 0 atom stereocenters. The first kappa shape index (κ1) is 13.1. The van der Waals surface area contributed by atoms with Crippen LogP contribution in [0, 0.1) is 0 Å². The van der Waals surface area contributed by atoms with Crippen LogP contribution in [0.2, 0.25) is 10.0 Å². The average molecular weight is 284 g/mol. The van der Waals surface area contributed by atoms with Gasteiger partial charge < -0.3 is 16.0 Å². The van der Waals surface area contributed by atoms with Crippen molar-refractivity contribution in [3.05, 3.63) is 45.8 Å². The number of rotatable bonds is 4. The summed E-state index contributed by atoms with van der Waals surface area (Å²) in [7, 11) is 0. The fourth-order valence-electron chi connectivity index (χ4n) is 1.88. The third-order valence-electron chi connectivity index (χ3n) is 2.85. The van der Waals surface area contributed by atoms with Crippen LogP contribution in [0.5, 0.6) is 0 Å². The number of nitrogens with one attached hydrogen (secondary N) is 2. The van der Waals surface area contributed by atoms with Gasteiger partial charge in [-0.3, -0.25) is 0 Å². The molecule has 0 bridgehead atoms. The number of halogens is 2. The van der Waals surface area contributed by atoms with E-state index in [2.05, 4.69) is 23.8 Å². The lowest BCUT2D eigenvalue weighted by atomic mass is 10.1. The maximum atomic E-state index is 6.31. The molecule has 4 N–H and O–H groups in total. The van der Waals surface area contributed by atoms with Crippen LogP contribution in [0.15, 0.2) is 24.5 Å². The van der Waals surface area contributed by atoms with Crippen LogP contribution in [0.1, 0.15) is 18.2 Å². The summed E-state index contributed by atoms with van der Waals surface area (Å²) in [6.07, 6.45) is 0.888. The Morgan fingerprint density at radius 2 is 2.17 bits per heavy atom. The molecular formula is C13H15Cl2N3. The lowest BCUT2D eigenvalue weighted by Crippen LogP contribution is -2.18. The van der Waals surface area contributed by atoms with E-state index in [1.54, 1.807) is 0 Å². The Labute approximate surface area is 116 Å². The normalized spacial score (nSPS) is 10.8. The van der Waals surface area contributed by atoms with Gasteiger partial charge in [-0.05, 0) is 24.1 Å². The van der Waals surface area contributed by atoms with Crippen LogP contribution in [-0.4, -0.2) is 4.98 Å². The van der Waals surface area contributed by atoms with E-state index in [0.29, 0.717) is 17.4 Å². The van der Waals surface area contributed by atoms with Gasteiger partial charge in [-0.25, -0.2) is 0 Å². The zero-order valence-electron chi connectivity index (χ0n) is 10.1. The van der Waals surface area contributed by atoms with Gasteiger partial charge in [0, 0.05) is 15.9 Å². The molecule has 0 amide bonds. The first-order valence-electron chi connectivity index (χ1n) is 5.69. The first-order valence-corrected chi connectivity index (χ1v) is 6.45. The van der Waals surface area contributed by atoms with E-state index in [4.69, 9.17) is 28.9 Å². The predicted octanol–water partition coefficient (Wildman–Crippen LogP) is 3.56. The third kappa shape index (κ3) is 2.42. The molecule has 0 saturated carbocycles. The number of hydrogen-bond acceptors (Lipinski definition) is 2. The Hall–Kier alpha value is -1.32. The summed E-state index contributed by atoms with van der Waals surface area (Å²) in [4.78, 5) is 3.27. The number of aryl methyl sites for hydroxylation is 1. The molecule has 1 aromatic heterocycles. The van der Waals surface area contributed by atoms with Gasteiger partial charge in [0.25, 0.3) is 0 Å². The molecule has 96 valence electrons. The predicted molar refractivity (Wildman–Crippen MR) is 77.9 cm³/mol. The van der Waals surface area contributed by atoms with Crippen molar-refractivity contribution in [1.82, 2.24) is 10.3 Å². The number of aromatic nitrogens is 1. The van der Waals surface area contributed by atoms with Crippen molar-refractivity contribution >= 4 is 34.1 Å². The van der Waals surface area contributed by atoms with Crippen LogP contribution in [0.4, 0.5) is 0 Å². The molecule has 0 aliphatic carbocycles. The number of aromatic amines is 1. The molecule has 3 nitrogen and oxygen atoms in total. The van der Waals surface area contributed by atoms with E-state index in [-0.39, 0.29) is 0 Å². The van der Waals surface area contributed by atoms with Gasteiger partial charge in [-0.15, -0.1) is 0 Å². The molecule has 2 aromatic rings. The number of nitrogens with two attached hydrogens (primary N) is 1. The quantitative estimate of drug-likeness (QED) is 0.804. The Balaban J connectivity index is 2.45. The largest absolute Gasteiger partial charge is 0.386 e. The zero-order chi connectivity index (χ0) is 13.3. The smallest absolute Gasteiger partial charge is 0.0889 e. The van der Waals surface area contributed by atoms with Gasteiger partial charge >= 0.3 is 0 Å². The van der Waals surface area contributed by atoms with Gasteiger partial charge in [-0.2, -0.15) is 0 Å². The second-order valence-electron chi connectivity index (χ2n) is 4.14. The van der Waals surface area contributed by atoms with Crippen LogP contribution < -0.4 is 11.1 Å². The number of fused-ring (bicyclic) bond motifs is 1. The molecule has 5 heteroatoms. The minimum Gasteiger partial charge on any atom is -0.386 e. The third-order valence-corrected chi connectivity index (χ3v) is 3.63. The molecule has 0 aliphatic heterocycles. The maximum Gasteiger partial charge on any atom is 0.0889 e. The van der Waals surface area contributed by atoms with E-state index in [1.807, 2.05) is 12.1 Å². The summed E-state index contributed by atoms with van der Waals surface area (Å²) in [6, 6.07) is 3.93. The molecule has 0 radical (unpaired) electrons. The van der Waals surface area contributed by atoms with Crippen molar-refractivity contribution in [2.75, 3.05) is 0 Å². The summed E-state index contributed by atoms with van der Waals surface area (Å²) >= 11 is 12.5. The molecule has 0 fully saturated rings. The fourth-order valence-corrected chi connectivity index (χ4v) is 2.45. The van der Waals surface area contributed by atoms with Crippen molar-refractivity contribution < 1.29 is 0 Å². The van der Waals surface area contributed by atoms with Crippen molar-refractivity contribution in [1.29, 1.82) is 0 Å². The van der Waals surface area contributed by atoms with Crippen molar-refractivity contribution in [3.8, 4) is 0 Å². The minimum absolute atomic E-state index is 0.414. The highest BCUT2D eigenvalue weighted by molar-refractivity contribution is 6.37. The summed E-state index contributed by atoms with van der Waals surface area (Å²) < 4.78 is 0. The Morgan fingerprint density at radius 1 is 1.44 bits per heavy atom. The second-order valence-corrected chi connectivity index (χ2v) is 4.92. The van der Waals surface area contributed by atoms with E-state index >= 15 is 0 Å². The van der Waals surface area contributed by atoms with E-state index in [9.17, 15) is 0 Å². The fraction of sp³-hybridized carbons (Fsp3) is 0.231. The van der Waals surface area contributed by atoms with Crippen molar-refractivity contribution in [2.45, 2.75) is 19.9 Å². The highest BCUT2D eigenvalue weighted by Crippen LogP contribution is 2.32. The summed E-state index contributed by atoms with van der Waals surface area (Å²) in [5.41, 5.74) is 8.44. The zero-order valence-corrected chi connectivity index (χ0v) is 11.6. The van der Waals surface area contributed by atoms with Crippen LogP contribution in [-0.2, 0) is 13.0 Å². The van der Waals surface area contributed by atoms with Crippen LogP contribution >= 0.6 is 23.2 Å². The molecule has 2 rings (SSSR count). The molecule has 0 unspecified atom stereocenters.